The van der Waals surface area contributed by atoms with Crippen molar-refractivity contribution >= 4 is 39.2 Å². The van der Waals surface area contributed by atoms with Crippen molar-refractivity contribution < 1.29 is 4.79 Å². The summed E-state index contributed by atoms with van der Waals surface area (Å²) in [6.07, 6.45) is 0.947. The molecule has 0 saturated heterocycles. The lowest BCUT2D eigenvalue weighted by Gasteiger charge is -2.12. The highest BCUT2D eigenvalue weighted by molar-refractivity contribution is 8.00. The molecule has 6 heteroatoms. The molecule has 2 rings (SSSR count). The van der Waals surface area contributed by atoms with E-state index in [0.717, 1.165) is 34.0 Å². The number of hydrogen-bond acceptors (Lipinski definition) is 5. The third-order valence-electron chi connectivity index (χ3n) is 3.31. The molecule has 0 bridgehead atoms. The maximum absolute atomic E-state index is 12.0. The van der Waals surface area contributed by atoms with Gasteiger partial charge in [-0.2, -0.15) is 0 Å². The van der Waals surface area contributed by atoms with Crippen molar-refractivity contribution in [2.24, 2.45) is 0 Å². The van der Waals surface area contributed by atoms with Crippen LogP contribution in [0, 0.1) is 20.8 Å². The van der Waals surface area contributed by atoms with Crippen LogP contribution in [0.3, 0.4) is 0 Å². The molecule has 0 aromatic carbocycles. The molecule has 0 unspecified atom stereocenters. The molecular weight excluding hydrogens is 302 g/mol. The zero-order valence-corrected chi connectivity index (χ0v) is 14.7. The fourth-order valence-corrected chi connectivity index (χ4v) is 4.23. The second-order valence-corrected chi connectivity index (χ2v) is 7.62. The Morgan fingerprint density at radius 2 is 2.05 bits per heavy atom. The van der Waals surface area contributed by atoms with Crippen LogP contribution in [-0.4, -0.2) is 27.7 Å². The van der Waals surface area contributed by atoms with Crippen molar-refractivity contribution in [3.8, 4) is 0 Å². The van der Waals surface area contributed by atoms with E-state index in [9.17, 15) is 4.79 Å². The van der Waals surface area contributed by atoms with Gasteiger partial charge in [-0.25, -0.2) is 9.97 Å². The summed E-state index contributed by atoms with van der Waals surface area (Å²) in [6, 6.07) is 0. The van der Waals surface area contributed by atoms with Crippen molar-refractivity contribution in [3.63, 3.8) is 0 Å². The molecule has 0 aliphatic heterocycles. The summed E-state index contributed by atoms with van der Waals surface area (Å²) in [7, 11) is 0. The Hall–Kier alpha value is -1.14. The number of fused-ring (bicyclic) bond motifs is 1. The van der Waals surface area contributed by atoms with E-state index in [2.05, 4.69) is 29.1 Å². The van der Waals surface area contributed by atoms with Crippen molar-refractivity contribution in [2.45, 2.75) is 51.3 Å². The number of aryl methyl sites for hydroxylation is 3. The molecular formula is C15H21N3OS2. The summed E-state index contributed by atoms with van der Waals surface area (Å²) >= 11 is 3.21. The number of thioether (sulfide) groups is 1. The minimum Gasteiger partial charge on any atom is -0.355 e. The molecule has 21 heavy (non-hydrogen) atoms. The van der Waals surface area contributed by atoms with Gasteiger partial charge < -0.3 is 5.32 Å². The van der Waals surface area contributed by atoms with Crippen molar-refractivity contribution in [2.75, 3.05) is 6.54 Å². The third kappa shape index (κ3) is 3.55. The molecule has 0 fully saturated rings. The van der Waals surface area contributed by atoms with Crippen LogP contribution in [0.5, 0.6) is 0 Å². The second kappa shape index (κ2) is 6.75. The molecule has 1 atom stereocenters. The first kappa shape index (κ1) is 16.2. The fraction of sp³-hybridized carbons (Fsp3) is 0.533. The normalized spacial score (nSPS) is 12.6. The zero-order valence-electron chi connectivity index (χ0n) is 13.1. The Kier molecular flexibility index (Phi) is 5.22. The monoisotopic (exact) mass is 323 g/mol. The number of nitrogens with one attached hydrogen (secondary N) is 1. The summed E-state index contributed by atoms with van der Waals surface area (Å²) in [6.45, 7) is 10.8. The third-order valence-corrected chi connectivity index (χ3v) is 5.50. The van der Waals surface area contributed by atoms with Crippen LogP contribution >= 0.6 is 23.1 Å². The van der Waals surface area contributed by atoms with Crippen molar-refractivity contribution in [3.05, 3.63) is 16.3 Å². The molecule has 114 valence electrons. The number of aromatic nitrogens is 2. The van der Waals surface area contributed by atoms with Gasteiger partial charge in [-0.3, -0.25) is 4.79 Å². The number of hydrogen-bond donors (Lipinski definition) is 1. The molecule has 0 aliphatic carbocycles. The van der Waals surface area contributed by atoms with E-state index in [1.54, 1.807) is 11.3 Å². The van der Waals surface area contributed by atoms with E-state index >= 15 is 0 Å². The van der Waals surface area contributed by atoms with Crippen LogP contribution < -0.4 is 5.32 Å². The van der Waals surface area contributed by atoms with Crippen LogP contribution in [0.15, 0.2) is 5.03 Å². The average molecular weight is 323 g/mol. The Balaban J connectivity index is 2.31. The van der Waals surface area contributed by atoms with E-state index in [1.807, 2.05) is 20.8 Å². The molecule has 0 spiro atoms. The lowest BCUT2D eigenvalue weighted by atomic mass is 10.2. The Morgan fingerprint density at radius 1 is 1.33 bits per heavy atom. The first-order valence-corrected chi connectivity index (χ1v) is 8.82. The lowest BCUT2D eigenvalue weighted by Crippen LogP contribution is -2.31. The van der Waals surface area contributed by atoms with Crippen LogP contribution in [0.2, 0.25) is 0 Å². The van der Waals surface area contributed by atoms with Gasteiger partial charge >= 0.3 is 0 Å². The van der Waals surface area contributed by atoms with E-state index in [4.69, 9.17) is 0 Å². The van der Waals surface area contributed by atoms with Gasteiger partial charge in [0.05, 0.1) is 5.25 Å². The zero-order chi connectivity index (χ0) is 15.6. The number of thiophene rings is 1. The van der Waals surface area contributed by atoms with E-state index in [-0.39, 0.29) is 11.2 Å². The standard InChI is InChI=1S/C15H21N3OS2/c1-6-7-16-13(19)10(4)21-15-12-8(2)9(3)20-14(12)17-11(5)18-15/h10H,6-7H2,1-5H3,(H,16,19)/t10-/m1/s1. The van der Waals surface area contributed by atoms with Gasteiger partial charge in [0.2, 0.25) is 5.91 Å². The highest BCUT2D eigenvalue weighted by atomic mass is 32.2. The predicted octanol–water partition coefficient (Wildman–Crippen LogP) is 3.62. The smallest absolute Gasteiger partial charge is 0.233 e. The quantitative estimate of drug-likeness (QED) is 0.674. The summed E-state index contributed by atoms with van der Waals surface area (Å²) in [5, 5.41) is 4.79. The highest BCUT2D eigenvalue weighted by Crippen LogP contribution is 2.36. The van der Waals surface area contributed by atoms with Gasteiger partial charge in [-0.1, -0.05) is 18.7 Å². The Labute approximate surface area is 133 Å². The number of rotatable bonds is 5. The maximum Gasteiger partial charge on any atom is 0.233 e. The maximum atomic E-state index is 12.0. The SMILES string of the molecule is CCCNC(=O)[C@@H](C)Sc1nc(C)nc2sc(C)c(C)c12. The van der Waals surface area contributed by atoms with Gasteiger partial charge in [0.15, 0.2) is 0 Å². The van der Waals surface area contributed by atoms with Gasteiger partial charge in [0, 0.05) is 16.8 Å². The summed E-state index contributed by atoms with van der Waals surface area (Å²) in [5.41, 5.74) is 1.22. The number of carbonyl (C=O) groups is 1. The van der Waals surface area contributed by atoms with Crippen molar-refractivity contribution in [1.29, 1.82) is 0 Å². The molecule has 1 amide bonds. The van der Waals surface area contributed by atoms with Crippen LogP contribution in [0.25, 0.3) is 10.2 Å². The molecule has 1 N–H and O–H groups in total. The first-order valence-electron chi connectivity index (χ1n) is 7.12. The van der Waals surface area contributed by atoms with Gasteiger partial charge in [-0.05, 0) is 39.7 Å². The van der Waals surface area contributed by atoms with E-state index < -0.39 is 0 Å². The van der Waals surface area contributed by atoms with Crippen LogP contribution in [0.4, 0.5) is 0 Å². The highest BCUT2D eigenvalue weighted by Gasteiger charge is 2.19. The van der Waals surface area contributed by atoms with Gasteiger partial charge in [-0.15, -0.1) is 11.3 Å². The Bertz CT molecular complexity index is 666. The topological polar surface area (TPSA) is 54.9 Å². The predicted molar refractivity (Wildman–Crippen MR) is 90.2 cm³/mol. The lowest BCUT2D eigenvalue weighted by molar-refractivity contribution is -0.120. The number of amides is 1. The van der Waals surface area contributed by atoms with E-state index in [1.165, 1.54) is 22.2 Å². The average Bonchev–Trinajstić information content (AvgIpc) is 2.70. The molecule has 2 aromatic rings. The molecule has 0 aliphatic rings. The number of nitrogens with zero attached hydrogens (tertiary/aromatic N) is 2. The summed E-state index contributed by atoms with van der Waals surface area (Å²) in [4.78, 5) is 23.4. The molecule has 0 radical (unpaired) electrons. The largest absolute Gasteiger partial charge is 0.355 e. The minimum absolute atomic E-state index is 0.0656. The van der Waals surface area contributed by atoms with Crippen LogP contribution in [0.1, 0.15) is 36.5 Å². The first-order chi connectivity index (χ1) is 9.93. The molecule has 2 heterocycles. The summed E-state index contributed by atoms with van der Waals surface area (Å²) in [5.74, 6) is 0.822. The van der Waals surface area contributed by atoms with Gasteiger partial charge in [0.25, 0.3) is 0 Å². The molecule has 4 nitrogen and oxygen atoms in total. The molecule has 0 saturated carbocycles. The van der Waals surface area contributed by atoms with E-state index in [0.29, 0.717) is 0 Å². The number of carbonyl (C=O) groups excluding carboxylic acids is 1. The Morgan fingerprint density at radius 3 is 2.71 bits per heavy atom. The minimum atomic E-state index is -0.159. The second-order valence-electron chi connectivity index (χ2n) is 5.09. The summed E-state index contributed by atoms with van der Waals surface area (Å²) < 4.78 is 0. The van der Waals surface area contributed by atoms with Crippen molar-refractivity contribution in [1.82, 2.24) is 15.3 Å². The fourth-order valence-electron chi connectivity index (χ4n) is 2.01. The van der Waals surface area contributed by atoms with Gasteiger partial charge in [0.1, 0.15) is 15.7 Å². The molecule has 2 aromatic heterocycles. The van der Waals surface area contributed by atoms with Crippen LogP contribution in [-0.2, 0) is 4.79 Å².